The molecule has 3 nitrogen and oxygen atoms in total. The van der Waals surface area contributed by atoms with Crippen LogP contribution in [0, 0.1) is 12.7 Å². The molecule has 0 unspecified atom stereocenters. The summed E-state index contributed by atoms with van der Waals surface area (Å²) in [6, 6.07) is 11.0. The number of phenols is 1. The summed E-state index contributed by atoms with van der Waals surface area (Å²) >= 11 is 1.31. The maximum absolute atomic E-state index is 13.1. The fourth-order valence-corrected chi connectivity index (χ4v) is 2.39. The molecule has 0 aliphatic carbocycles. The summed E-state index contributed by atoms with van der Waals surface area (Å²) in [5.74, 6) is -0.241. The quantitative estimate of drug-likeness (QED) is 0.847. The monoisotopic (exact) mass is 291 g/mol. The average molecular weight is 291 g/mol. The molecule has 0 heterocycles. The second-order valence-electron chi connectivity index (χ2n) is 4.29. The van der Waals surface area contributed by atoms with Gasteiger partial charge in [0, 0.05) is 10.6 Å². The van der Waals surface area contributed by atoms with Gasteiger partial charge in [0.15, 0.2) is 0 Å². The second-order valence-corrected chi connectivity index (χ2v) is 5.34. The Bertz CT molecular complexity index is 631. The van der Waals surface area contributed by atoms with Crippen LogP contribution in [-0.4, -0.2) is 16.8 Å². The molecule has 0 radical (unpaired) electrons. The van der Waals surface area contributed by atoms with Gasteiger partial charge in [0.2, 0.25) is 5.91 Å². The first-order valence-electron chi connectivity index (χ1n) is 6.02. The summed E-state index contributed by atoms with van der Waals surface area (Å²) in [7, 11) is 0. The molecule has 0 aliphatic heterocycles. The van der Waals surface area contributed by atoms with Gasteiger partial charge in [-0.05, 0) is 42.8 Å². The van der Waals surface area contributed by atoms with Crippen molar-refractivity contribution in [2.24, 2.45) is 0 Å². The third-order valence-electron chi connectivity index (χ3n) is 2.66. The summed E-state index contributed by atoms with van der Waals surface area (Å²) in [5.41, 5.74) is 1.29. The molecule has 0 aliphatic rings. The number of aryl methyl sites for hydroxylation is 1. The fourth-order valence-electron chi connectivity index (χ4n) is 1.64. The van der Waals surface area contributed by atoms with Crippen LogP contribution in [0.15, 0.2) is 47.4 Å². The zero-order chi connectivity index (χ0) is 14.5. The minimum absolute atomic E-state index is 0.163. The van der Waals surface area contributed by atoms with Crippen molar-refractivity contribution in [1.29, 1.82) is 0 Å². The lowest BCUT2D eigenvalue weighted by atomic mass is 10.2. The number of rotatable bonds is 4. The van der Waals surface area contributed by atoms with Gasteiger partial charge in [0.05, 0.1) is 5.75 Å². The molecule has 0 atom stereocenters. The van der Waals surface area contributed by atoms with Crippen LogP contribution in [0.4, 0.5) is 10.1 Å². The standard InChI is InChI=1S/C15H14FNO2S/c1-10-5-6-11(16)7-14(10)17-15(19)9-20-13-4-2-3-12(18)8-13/h2-8,18H,9H2,1H3,(H,17,19). The predicted octanol–water partition coefficient (Wildman–Crippen LogP) is 3.57. The summed E-state index contributed by atoms with van der Waals surface area (Å²) < 4.78 is 13.1. The van der Waals surface area contributed by atoms with Gasteiger partial charge in [-0.2, -0.15) is 0 Å². The number of nitrogens with one attached hydrogen (secondary N) is 1. The first-order chi connectivity index (χ1) is 9.54. The first-order valence-corrected chi connectivity index (χ1v) is 7.01. The number of thioether (sulfide) groups is 1. The topological polar surface area (TPSA) is 49.3 Å². The Balaban J connectivity index is 1.94. The number of aromatic hydroxyl groups is 1. The molecule has 0 spiro atoms. The van der Waals surface area contributed by atoms with Crippen LogP contribution in [0.5, 0.6) is 5.75 Å². The van der Waals surface area contributed by atoms with Crippen molar-refractivity contribution in [1.82, 2.24) is 0 Å². The van der Waals surface area contributed by atoms with E-state index in [2.05, 4.69) is 5.32 Å². The zero-order valence-corrected chi connectivity index (χ0v) is 11.7. The molecule has 0 aromatic heterocycles. The number of phenolic OH excluding ortho intramolecular Hbond substituents is 1. The molecular weight excluding hydrogens is 277 g/mol. The van der Waals surface area contributed by atoms with E-state index in [0.717, 1.165) is 10.5 Å². The van der Waals surface area contributed by atoms with E-state index in [-0.39, 0.29) is 23.2 Å². The summed E-state index contributed by atoms with van der Waals surface area (Å²) in [5, 5.41) is 12.0. The molecule has 2 aromatic rings. The lowest BCUT2D eigenvalue weighted by molar-refractivity contribution is -0.113. The maximum Gasteiger partial charge on any atom is 0.234 e. The Labute approximate surface area is 120 Å². The van der Waals surface area contributed by atoms with Crippen molar-refractivity contribution in [3.8, 4) is 5.75 Å². The Kier molecular flexibility index (Phi) is 4.63. The zero-order valence-electron chi connectivity index (χ0n) is 10.9. The van der Waals surface area contributed by atoms with Crippen molar-refractivity contribution >= 4 is 23.4 Å². The number of benzene rings is 2. The second kappa shape index (κ2) is 6.43. The summed E-state index contributed by atoms with van der Waals surface area (Å²) in [6.45, 7) is 1.80. The highest BCUT2D eigenvalue weighted by Gasteiger charge is 2.07. The van der Waals surface area contributed by atoms with E-state index in [1.54, 1.807) is 31.2 Å². The molecular formula is C15H14FNO2S. The molecule has 1 amide bonds. The fraction of sp³-hybridized carbons (Fsp3) is 0.133. The highest BCUT2D eigenvalue weighted by molar-refractivity contribution is 8.00. The number of halogens is 1. The molecule has 20 heavy (non-hydrogen) atoms. The van der Waals surface area contributed by atoms with E-state index in [0.29, 0.717) is 5.69 Å². The maximum atomic E-state index is 13.1. The molecule has 2 aromatic carbocycles. The van der Waals surface area contributed by atoms with Crippen LogP contribution in [-0.2, 0) is 4.79 Å². The van der Waals surface area contributed by atoms with Crippen LogP contribution in [0.25, 0.3) is 0 Å². The van der Waals surface area contributed by atoms with Gasteiger partial charge >= 0.3 is 0 Å². The van der Waals surface area contributed by atoms with Crippen LogP contribution >= 0.6 is 11.8 Å². The number of carbonyl (C=O) groups is 1. The molecule has 104 valence electrons. The van der Waals surface area contributed by atoms with Gasteiger partial charge < -0.3 is 10.4 Å². The Morgan fingerprint density at radius 3 is 2.85 bits per heavy atom. The Hall–Kier alpha value is -2.01. The van der Waals surface area contributed by atoms with Crippen molar-refractivity contribution in [2.75, 3.05) is 11.1 Å². The predicted molar refractivity (Wildman–Crippen MR) is 78.6 cm³/mol. The van der Waals surface area contributed by atoms with Crippen LogP contribution in [0.1, 0.15) is 5.56 Å². The van der Waals surface area contributed by atoms with E-state index < -0.39 is 0 Å². The Morgan fingerprint density at radius 1 is 1.30 bits per heavy atom. The van der Waals surface area contributed by atoms with Crippen molar-refractivity contribution in [3.05, 3.63) is 53.8 Å². The van der Waals surface area contributed by atoms with Crippen LogP contribution < -0.4 is 5.32 Å². The van der Waals surface area contributed by atoms with Crippen molar-refractivity contribution in [2.45, 2.75) is 11.8 Å². The largest absolute Gasteiger partial charge is 0.508 e. The number of amides is 1. The van der Waals surface area contributed by atoms with E-state index in [1.807, 2.05) is 6.07 Å². The average Bonchev–Trinajstić information content (AvgIpc) is 2.41. The summed E-state index contributed by atoms with van der Waals surface area (Å²) in [4.78, 5) is 12.6. The van der Waals surface area contributed by atoms with Gasteiger partial charge in [-0.25, -0.2) is 4.39 Å². The minimum Gasteiger partial charge on any atom is -0.508 e. The van der Waals surface area contributed by atoms with E-state index >= 15 is 0 Å². The number of carbonyl (C=O) groups excluding carboxylic acids is 1. The lowest BCUT2D eigenvalue weighted by Crippen LogP contribution is -2.14. The normalized spacial score (nSPS) is 10.3. The minimum atomic E-state index is -0.383. The molecule has 2 N–H and O–H groups in total. The van der Waals surface area contributed by atoms with E-state index in [9.17, 15) is 14.3 Å². The van der Waals surface area contributed by atoms with Crippen molar-refractivity contribution < 1.29 is 14.3 Å². The third-order valence-corrected chi connectivity index (χ3v) is 3.66. The molecule has 0 saturated heterocycles. The summed E-state index contributed by atoms with van der Waals surface area (Å²) in [6.07, 6.45) is 0. The highest BCUT2D eigenvalue weighted by atomic mass is 32.2. The van der Waals surface area contributed by atoms with E-state index in [4.69, 9.17) is 0 Å². The molecule has 0 saturated carbocycles. The third kappa shape index (κ3) is 3.99. The van der Waals surface area contributed by atoms with Crippen molar-refractivity contribution in [3.63, 3.8) is 0 Å². The number of anilines is 1. The number of hydrogen-bond acceptors (Lipinski definition) is 3. The Morgan fingerprint density at radius 2 is 2.10 bits per heavy atom. The molecule has 0 fully saturated rings. The lowest BCUT2D eigenvalue weighted by Gasteiger charge is -2.08. The highest BCUT2D eigenvalue weighted by Crippen LogP contribution is 2.22. The SMILES string of the molecule is Cc1ccc(F)cc1NC(=O)CSc1cccc(O)c1. The molecule has 2 rings (SSSR count). The first kappa shape index (κ1) is 14.4. The van der Waals surface area contributed by atoms with Gasteiger partial charge in [-0.1, -0.05) is 12.1 Å². The van der Waals surface area contributed by atoms with Gasteiger partial charge in [0.1, 0.15) is 11.6 Å². The van der Waals surface area contributed by atoms with Crippen LogP contribution in [0.3, 0.4) is 0 Å². The van der Waals surface area contributed by atoms with Gasteiger partial charge in [-0.15, -0.1) is 11.8 Å². The van der Waals surface area contributed by atoms with Gasteiger partial charge in [-0.3, -0.25) is 4.79 Å². The number of hydrogen-bond donors (Lipinski definition) is 2. The smallest absolute Gasteiger partial charge is 0.234 e. The molecule has 5 heteroatoms. The molecule has 0 bridgehead atoms. The van der Waals surface area contributed by atoms with Gasteiger partial charge in [0.25, 0.3) is 0 Å². The van der Waals surface area contributed by atoms with E-state index in [1.165, 1.54) is 23.9 Å². The van der Waals surface area contributed by atoms with Crippen LogP contribution in [0.2, 0.25) is 0 Å².